The van der Waals surface area contributed by atoms with Crippen LogP contribution in [0, 0.1) is 23.7 Å². The third-order valence-corrected chi connectivity index (χ3v) is 6.33. The molecule has 6 heteroatoms. The van der Waals surface area contributed by atoms with Crippen LogP contribution in [-0.4, -0.2) is 43.1 Å². The molecule has 1 aliphatic heterocycles. The van der Waals surface area contributed by atoms with Crippen LogP contribution in [0.2, 0.25) is 0 Å². The maximum atomic E-state index is 12.3. The smallest absolute Gasteiger partial charge is 0.279 e. The minimum atomic E-state index is -3.43. The van der Waals surface area contributed by atoms with Crippen molar-refractivity contribution in [3.8, 4) is 0 Å². The summed E-state index contributed by atoms with van der Waals surface area (Å²) in [4.78, 5) is 0. The fourth-order valence-electron chi connectivity index (χ4n) is 3.99. The molecule has 1 saturated heterocycles. The van der Waals surface area contributed by atoms with Crippen LogP contribution >= 0.6 is 0 Å². The van der Waals surface area contributed by atoms with E-state index in [2.05, 4.69) is 4.72 Å². The Kier molecular flexibility index (Phi) is 2.97. The molecular weight excluding hydrogens is 252 g/mol. The van der Waals surface area contributed by atoms with E-state index in [1.165, 1.54) is 4.31 Å². The minimum Gasteiger partial charge on any atom is -0.391 e. The molecule has 18 heavy (non-hydrogen) atoms. The van der Waals surface area contributed by atoms with Gasteiger partial charge in [-0.25, -0.2) is 4.72 Å². The van der Waals surface area contributed by atoms with Crippen LogP contribution in [0.15, 0.2) is 0 Å². The second kappa shape index (κ2) is 4.16. The first kappa shape index (κ1) is 12.8. The van der Waals surface area contributed by atoms with Crippen molar-refractivity contribution < 1.29 is 13.5 Å². The van der Waals surface area contributed by atoms with Crippen LogP contribution in [0.5, 0.6) is 0 Å². The Bertz CT molecular complexity index is 435. The van der Waals surface area contributed by atoms with Gasteiger partial charge in [0.15, 0.2) is 0 Å². The lowest BCUT2D eigenvalue weighted by Gasteiger charge is -2.28. The molecule has 0 aromatic heterocycles. The van der Waals surface area contributed by atoms with E-state index in [9.17, 15) is 13.5 Å². The molecule has 2 bridgehead atoms. The van der Waals surface area contributed by atoms with E-state index in [1.54, 1.807) is 0 Å². The number of rotatable bonds is 4. The van der Waals surface area contributed by atoms with Gasteiger partial charge in [0.05, 0.1) is 12.1 Å². The number of nitrogens with zero attached hydrogens (tertiary/aromatic N) is 1. The fraction of sp³-hybridized carbons (Fsp3) is 1.00. The van der Waals surface area contributed by atoms with Crippen molar-refractivity contribution in [2.75, 3.05) is 13.1 Å². The topological polar surface area (TPSA) is 69.6 Å². The van der Waals surface area contributed by atoms with Gasteiger partial charge in [-0.05, 0) is 36.5 Å². The van der Waals surface area contributed by atoms with Crippen molar-refractivity contribution >= 4 is 10.2 Å². The third-order valence-electron chi connectivity index (χ3n) is 4.79. The highest BCUT2D eigenvalue weighted by atomic mass is 32.2. The molecule has 2 saturated carbocycles. The van der Waals surface area contributed by atoms with Gasteiger partial charge in [-0.1, -0.05) is 13.8 Å². The predicted molar refractivity (Wildman–Crippen MR) is 68.0 cm³/mol. The molecule has 0 aromatic carbocycles. The lowest BCUT2D eigenvalue weighted by atomic mass is 9.88. The van der Waals surface area contributed by atoms with Crippen LogP contribution in [0.25, 0.3) is 0 Å². The normalized spacial score (nSPS) is 43.2. The summed E-state index contributed by atoms with van der Waals surface area (Å²) in [7, 11) is -3.43. The van der Waals surface area contributed by atoms with Gasteiger partial charge in [0.25, 0.3) is 10.2 Å². The molecule has 5 nitrogen and oxygen atoms in total. The lowest BCUT2D eigenvalue weighted by Crippen LogP contribution is -2.48. The second-order valence-electron chi connectivity index (χ2n) is 6.45. The summed E-state index contributed by atoms with van der Waals surface area (Å²) >= 11 is 0. The number of hydrogen-bond acceptors (Lipinski definition) is 3. The van der Waals surface area contributed by atoms with E-state index in [4.69, 9.17) is 0 Å². The van der Waals surface area contributed by atoms with Crippen LogP contribution < -0.4 is 4.72 Å². The number of hydrogen-bond donors (Lipinski definition) is 2. The van der Waals surface area contributed by atoms with E-state index in [0.717, 1.165) is 12.8 Å². The predicted octanol–water partition coefficient (Wildman–Crippen LogP) is 0.178. The highest BCUT2D eigenvalue weighted by Crippen LogP contribution is 2.55. The van der Waals surface area contributed by atoms with E-state index in [1.807, 2.05) is 13.8 Å². The Hall–Kier alpha value is -0.170. The van der Waals surface area contributed by atoms with Crippen molar-refractivity contribution in [2.24, 2.45) is 23.7 Å². The van der Waals surface area contributed by atoms with Gasteiger partial charge in [0.2, 0.25) is 0 Å². The third kappa shape index (κ3) is 1.81. The van der Waals surface area contributed by atoms with Gasteiger partial charge in [0, 0.05) is 13.1 Å². The quantitative estimate of drug-likeness (QED) is 0.768. The van der Waals surface area contributed by atoms with Crippen molar-refractivity contribution in [2.45, 2.75) is 38.8 Å². The molecule has 3 aliphatic rings. The molecule has 3 fully saturated rings. The van der Waals surface area contributed by atoms with Gasteiger partial charge >= 0.3 is 0 Å². The van der Waals surface area contributed by atoms with Crippen molar-refractivity contribution in [1.29, 1.82) is 0 Å². The summed E-state index contributed by atoms with van der Waals surface area (Å²) < 4.78 is 28.8. The molecule has 0 radical (unpaired) electrons. The van der Waals surface area contributed by atoms with E-state index in [0.29, 0.717) is 36.8 Å². The van der Waals surface area contributed by atoms with Gasteiger partial charge in [0.1, 0.15) is 0 Å². The molecule has 5 atom stereocenters. The van der Waals surface area contributed by atoms with Crippen LogP contribution in [0.3, 0.4) is 0 Å². The first-order chi connectivity index (χ1) is 8.40. The summed E-state index contributed by atoms with van der Waals surface area (Å²) in [5.41, 5.74) is 0. The Morgan fingerprint density at radius 2 is 2.06 bits per heavy atom. The monoisotopic (exact) mass is 274 g/mol. The number of nitrogens with one attached hydrogen (secondary N) is 1. The summed E-state index contributed by atoms with van der Waals surface area (Å²) in [5.74, 6) is 1.48. The minimum absolute atomic E-state index is 0.168. The second-order valence-corrected chi connectivity index (χ2v) is 8.16. The zero-order valence-electron chi connectivity index (χ0n) is 10.9. The molecule has 0 spiro atoms. The average Bonchev–Trinajstić information content (AvgIpc) is 2.86. The fourth-order valence-corrected chi connectivity index (χ4v) is 5.69. The summed E-state index contributed by atoms with van der Waals surface area (Å²) in [6.07, 6.45) is 1.55. The van der Waals surface area contributed by atoms with Crippen molar-refractivity contribution in [3.05, 3.63) is 0 Å². The maximum absolute atomic E-state index is 12.3. The van der Waals surface area contributed by atoms with Crippen LogP contribution in [0.4, 0.5) is 0 Å². The van der Waals surface area contributed by atoms with Gasteiger partial charge in [-0.15, -0.1) is 0 Å². The summed E-state index contributed by atoms with van der Waals surface area (Å²) in [6, 6.07) is -0.168. The molecule has 0 amide bonds. The lowest BCUT2D eigenvalue weighted by molar-refractivity contribution is 0.0727. The zero-order chi connectivity index (χ0) is 13.1. The largest absolute Gasteiger partial charge is 0.391 e. The van der Waals surface area contributed by atoms with Gasteiger partial charge in [-0.2, -0.15) is 12.7 Å². The highest BCUT2D eigenvalue weighted by molar-refractivity contribution is 7.87. The van der Waals surface area contributed by atoms with E-state index >= 15 is 0 Å². The molecule has 5 unspecified atom stereocenters. The first-order valence-corrected chi connectivity index (χ1v) is 8.28. The molecule has 1 heterocycles. The Balaban J connectivity index is 1.78. The molecule has 2 N–H and O–H groups in total. The summed E-state index contributed by atoms with van der Waals surface area (Å²) in [5, 5.41) is 10.2. The van der Waals surface area contributed by atoms with Crippen LogP contribution in [0.1, 0.15) is 26.7 Å². The highest BCUT2D eigenvalue weighted by Gasteiger charge is 2.61. The van der Waals surface area contributed by atoms with E-state index in [-0.39, 0.29) is 6.04 Å². The Morgan fingerprint density at radius 1 is 1.33 bits per heavy atom. The van der Waals surface area contributed by atoms with Crippen LogP contribution in [-0.2, 0) is 10.2 Å². The zero-order valence-corrected chi connectivity index (χ0v) is 11.7. The standard InChI is InChI=1S/C12H22N2O3S/c1-7(2)5-13-18(16,17)14-6-9-3-8-4-10(9)11(14)12(8)15/h7-13,15H,3-6H2,1-2H3. The van der Waals surface area contributed by atoms with Gasteiger partial charge < -0.3 is 5.11 Å². The van der Waals surface area contributed by atoms with Gasteiger partial charge in [-0.3, -0.25) is 0 Å². The number of aliphatic hydroxyl groups is 1. The Labute approximate surface area is 109 Å². The summed E-state index contributed by atoms with van der Waals surface area (Å²) in [6.45, 7) is 5.02. The number of fused-ring (bicyclic) bond motifs is 1. The van der Waals surface area contributed by atoms with Crippen molar-refractivity contribution in [1.82, 2.24) is 9.03 Å². The van der Waals surface area contributed by atoms with Crippen molar-refractivity contribution in [3.63, 3.8) is 0 Å². The molecule has 3 rings (SSSR count). The Morgan fingerprint density at radius 3 is 2.67 bits per heavy atom. The molecule has 2 aliphatic carbocycles. The van der Waals surface area contributed by atoms with E-state index < -0.39 is 16.3 Å². The molecule has 104 valence electrons. The first-order valence-electron chi connectivity index (χ1n) is 6.84. The molecule has 0 aromatic rings. The molecular formula is C12H22N2O3S. The number of aliphatic hydroxyl groups excluding tert-OH is 1. The average molecular weight is 274 g/mol. The maximum Gasteiger partial charge on any atom is 0.279 e. The SMILES string of the molecule is CC(C)CNS(=O)(=O)N1CC2CC3CC2C1C3O.